The number of rotatable bonds is 10. The number of benzene rings is 1. The van der Waals surface area contributed by atoms with Crippen molar-refractivity contribution in [3.05, 3.63) is 75.9 Å². The molecule has 0 aliphatic carbocycles. The zero-order valence-corrected chi connectivity index (χ0v) is 20.3. The van der Waals surface area contributed by atoms with Crippen molar-refractivity contribution in [1.82, 2.24) is 34.1 Å². The second-order valence-corrected chi connectivity index (χ2v) is 8.73. The van der Waals surface area contributed by atoms with Crippen LogP contribution in [0.25, 0.3) is 17.1 Å². The minimum Gasteiger partial charge on any atom is -0.481 e. The Bertz CT molecular complexity index is 1480. The minimum atomic E-state index is -4.94. The molecule has 4 rings (SSSR count). The molecular formula is C23H21ClF3N7O4. The first-order valence-electron chi connectivity index (χ1n) is 11.3. The van der Waals surface area contributed by atoms with Crippen molar-refractivity contribution in [3.8, 4) is 17.1 Å². The highest BCUT2D eigenvalue weighted by atomic mass is 35.5. The SMILES string of the molecule is O=C(O)CCCc1ccncc1-n1cnc(Cn2nc(-c3ccc(Cl)cc3)n(C[C@H](O)C(F)(F)F)c2=O)n1. The first-order valence-corrected chi connectivity index (χ1v) is 11.6. The maximum absolute atomic E-state index is 13.1. The van der Waals surface area contributed by atoms with Crippen molar-refractivity contribution < 1.29 is 28.2 Å². The molecule has 0 bridgehead atoms. The number of hydrogen-bond acceptors (Lipinski definition) is 7. The fourth-order valence-corrected chi connectivity index (χ4v) is 3.81. The summed E-state index contributed by atoms with van der Waals surface area (Å²) < 4.78 is 42.2. The Morgan fingerprint density at radius 1 is 1.13 bits per heavy atom. The molecule has 3 heterocycles. The van der Waals surface area contributed by atoms with E-state index >= 15 is 0 Å². The van der Waals surface area contributed by atoms with E-state index in [4.69, 9.17) is 16.7 Å². The van der Waals surface area contributed by atoms with Crippen LogP contribution < -0.4 is 5.69 Å². The average Bonchev–Trinajstić information content (AvgIpc) is 3.44. The molecule has 1 aromatic carbocycles. The molecule has 0 radical (unpaired) electrons. The number of nitrogens with zero attached hydrogens (tertiary/aromatic N) is 7. The van der Waals surface area contributed by atoms with Gasteiger partial charge in [-0.05, 0) is 48.7 Å². The van der Waals surface area contributed by atoms with Gasteiger partial charge in [-0.3, -0.25) is 14.3 Å². The highest BCUT2D eigenvalue weighted by Crippen LogP contribution is 2.24. The van der Waals surface area contributed by atoms with Gasteiger partial charge in [0.05, 0.1) is 18.4 Å². The predicted molar refractivity (Wildman–Crippen MR) is 128 cm³/mol. The van der Waals surface area contributed by atoms with E-state index in [1.54, 1.807) is 12.3 Å². The maximum Gasteiger partial charge on any atom is 0.416 e. The van der Waals surface area contributed by atoms with Gasteiger partial charge in [-0.2, -0.15) is 13.2 Å². The van der Waals surface area contributed by atoms with Crippen LogP contribution in [0, 0.1) is 0 Å². The summed E-state index contributed by atoms with van der Waals surface area (Å²) in [4.78, 5) is 32.1. The lowest BCUT2D eigenvalue weighted by Gasteiger charge is -2.15. The second kappa shape index (κ2) is 11.1. The first kappa shape index (κ1) is 27.0. The van der Waals surface area contributed by atoms with Crippen molar-refractivity contribution in [2.75, 3.05) is 0 Å². The molecule has 2 N–H and O–H groups in total. The summed E-state index contributed by atoms with van der Waals surface area (Å²) in [6.45, 7) is -1.33. The topological polar surface area (TPSA) is 141 Å². The number of alkyl halides is 3. The lowest BCUT2D eigenvalue weighted by molar-refractivity contribution is -0.207. The number of aryl methyl sites for hydroxylation is 1. The lowest BCUT2D eigenvalue weighted by Crippen LogP contribution is -2.37. The molecule has 11 nitrogen and oxygen atoms in total. The average molecular weight is 552 g/mol. The van der Waals surface area contributed by atoms with Gasteiger partial charge >= 0.3 is 17.8 Å². The van der Waals surface area contributed by atoms with Gasteiger partial charge in [0.2, 0.25) is 0 Å². The molecule has 3 aromatic heterocycles. The van der Waals surface area contributed by atoms with Crippen LogP contribution in [0.15, 0.2) is 53.8 Å². The fourth-order valence-electron chi connectivity index (χ4n) is 3.68. The Kier molecular flexibility index (Phi) is 7.92. The summed E-state index contributed by atoms with van der Waals surface area (Å²) in [5, 5.41) is 27.4. The predicted octanol–water partition coefficient (Wildman–Crippen LogP) is 2.72. The second-order valence-electron chi connectivity index (χ2n) is 8.30. The summed E-state index contributed by atoms with van der Waals surface area (Å²) in [7, 11) is 0. The molecule has 0 amide bonds. The fraction of sp³-hybridized carbons (Fsp3) is 0.304. The van der Waals surface area contributed by atoms with Gasteiger partial charge in [0.15, 0.2) is 17.8 Å². The standard InChI is InChI=1S/C23H21ClF3N7O4/c24-16-6-4-15(5-7-16)21-31-33(22(38)32(21)11-18(35)23(25,26)27)12-19-29-13-34(30-19)17-10-28-9-8-14(17)2-1-3-20(36)37/h4-10,13,18,35H,1-3,11-12H2,(H,36,37)/t18-/m0/s1. The molecule has 200 valence electrons. The van der Waals surface area contributed by atoms with Gasteiger partial charge in [0, 0.05) is 23.2 Å². The quantitative estimate of drug-likeness (QED) is 0.306. The lowest BCUT2D eigenvalue weighted by atomic mass is 10.1. The highest BCUT2D eigenvalue weighted by Gasteiger charge is 2.39. The molecule has 0 spiro atoms. The van der Waals surface area contributed by atoms with Gasteiger partial charge in [-0.25, -0.2) is 19.1 Å². The van der Waals surface area contributed by atoms with Crippen LogP contribution in [0.3, 0.4) is 0 Å². The molecule has 38 heavy (non-hydrogen) atoms. The van der Waals surface area contributed by atoms with E-state index in [0.29, 0.717) is 29.1 Å². The van der Waals surface area contributed by atoms with Crippen LogP contribution in [0.2, 0.25) is 5.02 Å². The summed E-state index contributed by atoms with van der Waals surface area (Å²) >= 11 is 5.90. The van der Waals surface area contributed by atoms with E-state index in [1.807, 2.05) is 0 Å². The number of carboxylic acid groups (broad SMARTS) is 1. The van der Waals surface area contributed by atoms with Gasteiger partial charge < -0.3 is 10.2 Å². The summed E-state index contributed by atoms with van der Waals surface area (Å²) in [6, 6.07) is 7.71. The molecule has 0 fully saturated rings. The largest absolute Gasteiger partial charge is 0.481 e. The number of aromatic nitrogens is 7. The van der Waals surface area contributed by atoms with E-state index in [0.717, 1.165) is 14.8 Å². The molecule has 0 unspecified atom stereocenters. The van der Waals surface area contributed by atoms with E-state index in [9.17, 15) is 27.9 Å². The van der Waals surface area contributed by atoms with Crippen molar-refractivity contribution in [2.45, 2.75) is 44.6 Å². The molecule has 0 aliphatic heterocycles. The van der Waals surface area contributed by atoms with E-state index in [2.05, 4.69) is 20.2 Å². The molecule has 15 heteroatoms. The normalized spacial score (nSPS) is 12.6. The number of pyridine rings is 1. The number of halogens is 4. The molecular weight excluding hydrogens is 531 g/mol. The van der Waals surface area contributed by atoms with Crippen LogP contribution >= 0.6 is 11.6 Å². The zero-order valence-electron chi connectivity index (χ0n) is 19.6. The van der Waals surface area contributed by atoms with Crippen LogP contribution in [0.4, 0.5) is 13.2 Å². The van der Waals surface area contributed by atoms with Crippen LogP contribution in [-0.2, 0) is 24.3 Å². The maximum atomic E-state index is 13.1. The molecule has 4 aromatic rings. The molecule has 0 saturated heterocycles. The van der Waals surface area contributed by atoms with Crippen molar-refractivity contribution in [3.63, 3.8) is 0 Å². The molecule has 1 atom stereocenters. The van der Waals surface area contributed by atoms with Crippen molar-refractivity contribution in [2.24, 2.45) is 0 Å². The number of aliphatic hydroxyl groups excluding tert-OH is 1. The van der Waals surface area contributed by atoms with Crippen LogP contribution in [-0.4, -0.2) is 62.6 Å². The number of hydrogen-bond donors (Lipinski definition) is 2. The Morgan fingerprint density at radius 2 is 1.87 bits per heavy atom. The Balaban J connectivity index is 1.64. The third kappa shape index (κ3) is 6.26. The summed E-state index contributed by atoms with van der Waals surface area (Å²) in [5.74, 6) is -0.868. The number of aliphatic hydroxyl groups is 1. The van der Waals surface area contributed by atoms with Gasteiger partial charge in [-0.15, -0.1) is 10.2 Å². The van der Waals surface area contributed by atoms with Crippen LogP contribution in [0.1, 0.15) is 24.2 Å². The van der Waals surface area contributed by atoms with E-state index in [-0.39, 0.29) is 24.6 Å². The summed E-state index contributed by atoms with van der Waals surface area (Å²) in [6.07, 6.45) is -2.40. The van der Waals surface area contributed by atoms with E-state index in [1.165, 1.54) is 41.5 Å². The zero-order chi connectivity index (χ0) is 27.4. The van der Waals surface area contributed by atoms with Gasteiger partial charge in [0.1, 0.15) is 12.9 Å². The van der Waals surface area contributed by atoms with E-state index < -0.39 is 30.5 Å². The van der Waals surface area contributed by atoms with Crippen molar-refractivity contribution >= 4 is 17.6 Å². The Hall–Kier alpha value is -4.04. The number of aliphatic carboxylic acids is 1. The number of carbonyl (C=O) groups is 1. The third-order valence-corrected chi connectivity index (χ3v) is 5.81. The monoisotopic (exact) mass is 551 g/mol. The minimum absolute atomic E-state index is 0.00503. The molecule has 0 aliphatic rings. The van der Waals surface area contributed by atoms with Gasteiger partial charge in [0.25, 0.3) is 0 Å². The summed E-state index contributed by atoms with van der Waals surface area (Å²) in [5.41, 5.74) is 0.764. The van der Waals surface area contributed by atoms with Gasteiger partial charge in [-0.1, -0.05) is 11.6 Å². The number of carboxylic acids is 1. The van der Waals surface area contributed by atoms with Crippen molar-refractivity contribution in [1.29, 1.82) is 0 Å². The smallest absolute Gasteiger partial charge is 0.416 e. The Labute approximate surface area is 217 Å². The third-order valence-electron chi connectivity index (χ3n) is 5.56. The highest BCUT2D eigenvalue weighted by molar-refractivity contribution is 6.30. The van der Waals surface area contributed by atoms with Crippen LogP contribution in [0.5, 0.6) is 0 Å². The first-order chi connectivity index (χ1) is 18.0. The Morgan fingerprint density at radius 3 is 2.55 bits per heavy atom. The molecule has 0 saturated carbocycles.